The second kappa shape index (κ2) is 7.49. The van der Waals surface area contributed by atoms with Crippen molar-refractivity contribution >= 4 is 21.9 Å². The maximum Gasteiger partial charge on any atom is 0.411 e. The van der Waals surface area contributed by atoms with E-state index in [4.69, 9.17) is 9.84 Å². The van der Waals surface area contributed by atoms with Crippen LogP contribution in [0.4, 0.5) is 13.2 Å². The first-order chi connectivity index (χ1) is 9.29. The van der Waals surface area contributed by atoms with Crippen molar-refractivity contribution < 1.29 is 32.5 Å². The minimum absolute atomic E-state index is 0.0180. The van der Waals surface area contributed by atoms with Gasteiger partial charge in [0, 0.05) is 10.9 Å². The summed E-state index contributed by atoms with van der Waals surface area (Å²) < 4.78 is 45.6. The van der Waals surface area contributed by atoms with Crippen LogP contribution in [-0.2, 0) is 4.74 Å². The molecule has 1 N–H and O–H groups in total. The molecule has 0 aliphatic rings. The van der Waals surface area contributed by atoms with Gasteiger partial charge in [-0.15, -0.1) is 0 Å². The van der Waals surface area contributed by atoms with Crippen LogP contribution in [0.15, 0.2) is 22.7 Å². The van der Waals surface area contributed by atoms with Crippen LogP contribution in [0.1, 0.15) is 16.8 Å². The average molecular weight is 357 g/mol. The van der Waals surface area contributed by atoms with Gasteiger partial charge in [0.15, 0.2) is 0 Å². The Kier molecular flexibility index (Phi) is 6.28. The molecule has 0 aliphatic heterocycles. The van der Waals surface area contributed by atoms with Gasteiger partial charge in [0.25, 0.3) is 0 Å². The van der Waals surface area contributed by atoms with E-state index in [0.29, 0.717) is 4.47 Å². The van der Waals surface area contributed by atoms with E-state index in [1.54, 1.807) is 6.07 Å². The van der Waals surface area contributed by atoms with E-state index in [2.05, 4.69) is 20.7 Å². The number of carbonyl (C=O) groups is 1. The molecule has 1 aromatic carbocycles. The molecule has 0 spiro atoms. The highest BCUT2D eigenvalue weighted by atomic mass is 79.9. The summed E-state index contributed by atoms with van der Waals surface area (Å²) in [6, 6.07) is 4.48. The lowest BCUT2D eigenvalue weighted by atomic mass is 10.2. The Morgan fingerprint density at radius 2 is 2.00 bits per heavy atom. The molecule has 0 unspecified atom stereocenters. The highest BCUT2D eigenvalue weighted by molar-refractivity contribution is 9.10. The number of ether oxygens (including phenoxy) is 2. The normalized spacial score (nSPS) is 11.4. The van der Waals surface area contributed by atoms with Crippen molar-refractivity contribution in [3.05, 3.63) is 28.2 Å². The van der Waals surface area contributed by atoms with Gasteiger partial charge in [-0.3, -0.25) is 0 Å². The zero-order valence-electron chi connectivity index (χ0n) is 10.2. The molecule has 112 valence electrons. The minimum Gasteiger partial charge on any atom is -0.493 e. The fourth-order valence-corrected chi connectivity index (χ4v) is 1.69. The molecule has 0 amide bonds. The molecular weight excluding hydrogens is 345 g/mol. The monoisotopic (exact) mass is 356 g/mol. The van der Waals surface area contributed by atoms with E-state index in [1.807, 2.05) is 0 Å². The van der Waals surface area contributed by atoms with Crippen LogP contribution >= 0.6 is 15.9 Å². The first-order valence-corrected chi connectivity index (χ1v) is 6.39. The van der Waals surface area contributed by atoms with Gasteiger partial charge in [0.1, 0.15) is 17.9 Å². The van der Waals surface area contributed by atoms with Crippen molar-refractivity contribution in [2.24, 2.45) is 0 Å². The molecule has 0 aromatic heterocycles. The van der Waals surface area contributed by atoms with E-state index in [9.17, 15) is 18.0 Å². The first kappa shape index (κ1) is 16.8. The fraction of sp³-hybridized carbons (Fsp3) is 0.417. The molecule has 0 saturated carbocycles. The maximum atomic E-state index is 11.8. The second-order valence-corrected chi connectivity index (χ2v) is 4.73. The van der Waals surface area contributed by atoms with Crippen molar-refractivity contribution in [2.75, 3.05) is 19.8 Å². The second-order valence-electron chi connectivity index (χ2n) is 3.82. The number of aromatic carboxylic acids is 1. The van der Waals surface area contributed by atoms with Crippen LogP contribution in [0.25, 0.3) is 0 Å². The fourth-order valence-electron chi connectivity index (χ4n) is 1.33. The van der Waals surface area contributed by atoms with Gasteiger partial charge in [0.05, 0.1) is 13.2 Å². The summed E-state index contributed by atoms with van der Waals surface area (Å²) in [6.45, 7) is -1.34. The predicted octanol–water partition coefficient (Wildman–Crippen LogP) is 3.50. The molecule has 0 atom stereocenters. The Hall–Kier alpha value is -1.28. The summed E-state index contributed by atoms with van der Waals surface area (Å²) in [4.78, 5) is 11.0. The third kappa shape index (κ3) is 6.25. The molecule has 1 rings (SSSR count). The Balaban J connectivity index is 2.37. The lowest BCUT2D eigenvalue weighted by molar-refractivity contribution is -0.174. The van der Waals surface area contributed by atoms with Gasteiger partial charge in [-0.05, 0) is 18.2 Å². The Labute approximate surface area is 121 Å². The maximum absolute atomic E-state index is 11.8. The lowest BCUT2D eigenvalue weighted by Crippen LogP contribution is -2.18. The van der Waals surface area contributed by atoms with Crippen LogP contribution in [0.5, 0.6) is 5.75 Å². The molecule has 0 aliphatic carbocycles. The van der Waals surface area contributed by atoms with Gasteiger partial charge in [0.2, 0.25) is 0 Å². The van der Waals surface area contributed by atoms with Gasteiger partial charge < -0.3 is 14.6 Å². The number of hydrogen-bond donors (Lipinski definition) is 1. The average Bonchev–Trinajstić information content (AvgIpc) is 2.33. The highest BCUT2D eigenvalue weighted by Crippen LogP contribution is 2.23. The van der Waals surface area contributed by atoms with E-state index >= 15 is 0 Å². The number of hydrogen-bond acceptors (Lipinski definition) is 3. The molecule has 0 radical (unpaired) electrons. The van der Waals surface area contributed by atoms with Gasteiger partial charge in [-0.25, -0.2) is 4.79 Å². The largest absolute Gasteiger partial charge is 0.493 e. The van der Waals surface area contributed by atoms with Crippen LogP contribution in [-0.4, -0.2) is 37.1 Å². The third-order valence-corrected chi connectivity index (χ3v) is 2.62. The predicted molar refractivity (Wildman–Crippen MR) is 68.1 cm³/mol. The quantitative estimate of drug-likeness (QED) is 0.759. The summed E-state index contributed by atoms with van der Waals surface area (Å²) in [5.74, 6) is -0.980. The van der Waals surface area contributed by atoms with Gasteiger partial charge in [-0.1, -0.05) is 15.9 Å². The summed E-state index contributed by atoms with van der Waals surface area (Å²) in [7, 11) is 0. The van der Waals surface area contributed by atoms with E-state index < -0.39 is 18.8 Å². The van der Waals surface area contributed by atoms with Crippen LogP contribution in [0, 0.1) is 0 Å². The smallest absolute Gasteiger partial charge is 0.411 e. The van der Waals surface area contributed by atoms with Crippen molar-refractivity contribution in [2.45, 2.75) is 12.6 Å². The van der Waals surface area contributed by atoms with Crippen LogP contribution in [0.2, 0.25) is 0 Å². The van der Waals surface area contributed by atoms with Gasteiger partial charge in [-0.2, -0.15) is 13.2 Å². The molecule has 0 bridgehead atoms. The molecule has 20 heavy (non-hydrogen) atoms. The number of rotatable bonds is 7. The molecule has 0 fully saturated rings. The van der Waals surface area contributed by atoms with Crippen molar-refractivity contribution in [1.29, 1.82) is 0 Å². The number of alkyl halides is 3. The molecule has 0 saturated heterocycles. The standard InChI is InChI=1S/C12H12BrF3O4/c13-8-2-3-10(9(6-8)11(17)18)20-5-1-4-19-7-12(14,15)16/h2-3,6H,1,4-5,7H2,(H,17,18). The van der Waals surface area contributed by atoms with Crippen molar-refractivity contribution in [3.8, 4) is 5.75 Å². The summed E-state index contributed by atoms with van der Waals surface area (Å²) >= 11 is 3.14. The molecule has 4 nitrogen and oxygen atoms in total. The summed E-state index contributed by atoms with van der Waals surface area (Å²) in [6.07, 6.45) is -4.12. The first-order valence-electron chi connectivity index (χ1n) is 5.60. The number of halogens is 4. The van der Waals surface area contributed by atoms with E-state index in [0.717, 1.165) is 0 Å². The summed E-state index contributed by atoms with van der Waals surface area (Å²) in [5, 5.41) is 8.97. The Morgan fingerprint density at radius 3 is 2.60 bits per heavy atom. The van der Waals surface area contributed by atoms with Crippen LogP contribution < -0.4 is 4.74 Å². The number of carboxylic acid groups (broad SMARTS) is 1. The summed E-state index contributed by atoms with van der Waals surface area (Å²) in [5.41, 5.74) is -0.0180. The zero-order valence-corrected chi connectivity index (χ0v) is 11.8. The molecular formula is C12H12BrF3O4. The zero-order chi connectivity index (χ0) is 15.2. The van der Waals surface area contributed by atoms with Crippen LogP contribution in [0.3, 0.4) is 0 Å². The number of carboxylic acids is 1. The topological polar surface area (TPSA) is 55.8 Å². The molecule has 1 aromatic rings. The van der Waals surface area contributed by atoms with Crippen molar-refractivity contribution in [3.63, 3.8) is 0 Å². The minimum atomic E-state index is -4.34. The highest BCUT2D eigenvalue weighted by Gasteiger charge is 2.27. The SMILES string of the molecule is O=C(O)c1cc(Br)ccc1OCCCOCC(F)(F)F. The Bertz CT molecular complexity index is 463. The van der Waals surface area contributed by atoms with Gasteiger partial charge >= 0.3 is 12.1 Å². The molecule has 0 heterocycles. The Morgan fingerprint density at radius 1 is 1.30 bits per heavy atom. The third-order valence-electron chi connectivity index (χ3n) is 2.13. The van der Waals surface area contributed by atoms with Crippen molar-refractivity contribution in [1.82, 2.24) is 0 Å². The number of benzene rings is 1. The van der Waals surface area contributed by atoms with E-state index in [-0.39, 0.29) is 30.9 Å². The lowest BCUT2D eigenvalue weighted by Gasteiger charge is -2.10. The van der Waals surface area contributed by atoms with E-state index in [1.165, 1.54) is 12.1 Å². The molecule has 8 heteroatoms.